The Kier molecular flexibility index (Phi) is 9.38. The van der Waals surface area contributed by atoms with E-state index in [0.717, 1.165) is 31.2 Å². The lowest BCUT2D eigenvalue weighted by atomic mass is 9.84. The third-order valence-electron chi connectivity index (χ3n) is 8.53. The molecule has 0 aromatic heterocycles. The SMILES string of the molecule is CCCCN(CCCN)C(=O)CN1C[C@H](c2ccc3c(c2)OCO3)C(C(=O)O)[C@@H]1CCN1CCC(C)(C)C1=O. The summed E-state index contributed by atoms with van der Waals surface area (Å²) < 4.78 is 11.0. The molecule has 3 atom stereocenters. The summed E-state index contributed by atoms with van der Waals surface area (Å²) >= 11 is 0. The number of nitrogens with zero attached hydrogens (tertiary/aromatic N) is 3. The molecule has 0 spiro atoms. The number of aliphatic carboxylic acids is 1. The van der Waals surface area contributed by atoms with Gasteiger partial charge in [-0.05, 0) is 49.9 Å². The Balaban J connectivity index is 1.58. The molecule has 0 saturated carbocycles. The molecule has 1 unspecified atom stereocenters. The minimum Gasteiger partial charge on any atom is -0.481 e. The van der Waals surface area contributed by atoms with E-state index in [4.69, 9.17) is 15.2 Å². The van der Waals surface area contributed by atoms with E-state index in [2.05, 4.69) is 6.92 Å². The quantitative estimate of drug-likeness (QED) is 0.388. The van der Waals surface area contributed by atoms with Crippen molar-refractivity contribution >= 4 is 17.8 Å². The Labute approximate surface area is 231 Å². The molecule has 2 saturated heterocycles. The van der Waals surface area contributed by atoms with Crippen LogP contribution in [0.25, 0.3) is 0 Å². The van der Waals surface area contributed by atoms with Gasteiger partial charge in [0.25, 0.3) is 0 Å². The zero-order valence-electron chi connectivity index (χ0n) is 23.6. The molecule has 1 aromatic rings. The smallest absolute Gasteiger partial charge is 0.308 e. The monoisotopic (exact) mass is 544 g/mol. The van der Waals surface area contributed by atoms with E-state index in [1.54, 1.807) is 0 Å². The number of rotatable bonds is 13. The third kappa shape index (κ3) is 6.49. The summed E-state index contributed by atoms with van der Waals surface area (Å²) in [5.41, 5.74) is 6.19. The second-order valence-electron chi connectivity index (χ2n) is 11.7. The van der Waals surface area contributed by atoms with Crippen LogP contribution in [0.3, 0.4) is 0 Å². The minimum atomic E-state index is -0.892. The van der Waals surface area contributed by atoms with Crippen molar-refractivity contribution in [2.75, 3.05) is 52.6 Å². The molecule has 3 N–H and O–H groups in total. The van der Waals surface area contributed by atoms with Gasteiger partial charge in [0.05, 0.1) is 12.5 Å². The van der Waals surface area contributed by atoms with Crippen LogP contribution in [0.4, 0.5) is 0 Å². The standard InChI is InChI=1S/C29H44N4O6/c1-4-5-12-31(13-6-11-30)25(34)18-33-17-21(20-7-8-23-24(16-20)39-19-38-23)26(27(35)36)22(33)9-14-32-15-10-29(2,3)28(32)37/h7-8,16,21-22,26H,4-6,9-15,17-19,30H2,1-3H3,(H,35,36)/t21-,22+,26?/m1/s1. The van der Waals surface area contributed by atoms with Gasteiger partial charge >= 0.3 is 5.97 Å². The van der Waals surface area contributed by atoms with Gasteiger partial charge in [-0.2, -0.15) is 0 Å². The average Bonchev–Trinajstić information content (AvgIpc) is 3.58. The topological polar surface area (TPSA) is 126 Å². The van der Waals surface area contributed by atoms with Gasteiger partial charge < -0.3 is 30.1 Å². The number of amides is 2. The van der Waals surface area contributed by atoms with Crippen molar-refractivity contribution in [2.24, 2.45) is 17.1 Å². The number of likely N-dealkylation sites (tertiary alicyclic amines) is 2. The highest BCUT2D eigenvalue weighted by Gasteiger charge is 2.48. The van der Waals surface area contributed by atoms with Gasteiger partial charge in [0.1, 0.15) is 0 Å². The Morgan fingerprint density at radius 3 is 2.59 bits per heavy atom. The van der Waals surface area contributed by atoms with E-state index in [1.807, 2.05) is 46.7 Å². The second kappa shape index (κ2) is 12.6. The highest BCUT2D eigenvalue weighted by molar-refractivity contribution is 5.84. The maximum Gasteiger partial charge on any atom is 0.308 e. The van der Waals surface area contributed by atoms with E-state index in [0.29, 0.717) is 57.2 Å². The number of carbonyl (C=O) groups excluding carboxylic acids is 2. The number of hydrogen-bond donors (Lipinski definition) is 2. The number of carboxylic acids is 1. The van der Waals surface area contributed by atoms with Gasteiger partial charge in [-0.3, -0.25) is 19.3 Å². The molecular formula is C29H44N4O6. The zero-order valence-corrected chi connectivity index (χ0v) is 23.6. The highest BCUT2D eigenvalue weighted by atomic mass is 16.7. The van der Waals surface area contributed by atoms with Crippen molar-refractivity contribution in [3.63, 3.8) is 0 Å². The second-order valence-corrected chi connectivity index (χ2v) is 11.7. The fourth-order valence-corrected chi connectivity index (χ4v) is 6.15. The molecule has 2 fully saturated rings. The number of carboxylic acid groups (broad SMARTS) is 1. The van der Waals surface area contributed by atoms with Crippen LogP contribution >= 0.6 is 0 Å². The maximum absolute atomic E-state index is 13.5. The fourth-order valence-electron chi connectivity index (χ4n) is 6.15. The molecule has 39 heavy (non-hydrogen) atoms. The molecule has 4 rings (SSSR count). The molecule has 2 amide bonds. The van der Waals surface area contributed by atoms with Crippen LogP contribution in [0.1, 0.15) is 64.4 Å². The van der Waals surface area contributed by atoms with Crippen molar-refractivity contribution in [2.45, 2.75) is 64.8 Å². The van der Waals surface area contributed by atoms with Gasteiger partial charge in [-0.25, -0.2) is 0 Å². The zero-order chi connectivity index (χ0) is 28.2. The lowest BCUT2D eigenvalue weighted by molar-refractivity contribution is -0.144. The van der Waals surface area contributed by atoms with Crippen LogP contribution < -0.4 is 15.2 Å². The van der Waals surface area contributed by atoms with Crippen molar-refractivity contribution in [1.29, 1.82) is 0 Å². The Hall–Kier alpha value is -2.85. The van der Waals surface area contributed by atoms with Crippen LogP contribution in [-0.4, -0.2) is 96.2 Å². The number of nitrogens with two attached hydrogens (primary N) is 1. The van der Waals surface area contributed by atoms with Crippen molar-refractivity contribution in [1.82, 2.24) is 14.7 Å². The molecule has 10 heteroatoms. The van der Waals surface area contributed by atoms with Gasteiger partial charge in [-0.1, -0.05) is 33.3 Å². The van der Waals surface area contributed by atoms with Crippen LogP contribution in [-0.2, 0) is 14.4 Å². The van der Waals surface area contributed by atoms with E-state index in [1.165, 1.54) is 0 Å². The summed E-state index contributed by atoms with van der Waals surface area (Å²) in [5.74, 6) is -0.582. The maximum atomic E-state index is 13.5. The molecule has 1 aromatic carbocycles. The number of unbranched alkanes of at least 4 members (excludes halogenated alkanes) is 1. The number of benzene rings is 1. The molecule has 0 bridgehead atoms. The normalized spacial score (nSPS) is 23.9. The lowest BCUT2D eigenvalue weighted by Gasteiger charge is -2.31. The van der Waals surface area contributed by atoms with Gasteiger partial charge in [0.2, 0.25) is 18.6 Å². The van der Waals surface area contributed by atoms with Crippen molar-refractivity contribution in [3.05, 3.63) is 23.8 Å². The van der Waals surface area contributed by atoms with Gasteiger partial charge in [0.15, 0.2) is 11.5 Å². The summed E-state index contributed by atoms with van der Waals surface area (Å²) in [6.07, 6.45) is 3.89. The molecule has 3 heterocycles. The largest absolute Gasteiger partial charge is 0.481 e. The molecule has 3 aliphatic rings. The Morgan fingerprint density at radius 1 is 1.18 bits per heavy atom. The summed E-state index contributed by atoms with van der Waals surface area (Å²) in [5, 5.41) is 10.5. The molecule has 216 valence electrons. The van der Waals surface area contributed by atoms with Crippen LogP contribution in [0.5, 0.6) is 11.5 Å². The molecular weight excluding hydrogens is 500 g/mol. The van der Waals surface area contributed by atoms with Crippen molar-refractivity contribution in [3.8, 4) is 11.5 Å². The van der Waals surface area contributed by atoms with E-state index >= 15 is 0 Å². The minimum absolute atomic E-state index is 0.00393. The molecule has 0 radical (unpaired) electrons. The first-order valence-corrected chi connectivity index (χ1v) is 14.3. The number of carbonyl (C=O) groups is 3. The first-order valence-electron chi connectivity index (χ1n) is 14.3. The van der Waals surface area contributed by atoms with Gasteiger partial charge in [0, 0.05) is 50.1 Å². The van der Waals surface area contributed by atoms with E-state index in [-0.39, 0.29) is 37.1 Å². The van der Waals surface area contributed by atoms with Gasteiger partial charge in [-0.15, -0.1) is 0 Å². The van der Waals surface area contributed by atoms with E-state index < -0.39 is 17.3 Å². The summed E-state index contributed by atoms with van der Waals surface area (Å²) in [6.45, 7) is 9.65. The third-order valence-corrected chi connectivity index (χ3v) is 8.53. The predicted octanol–water partition coefficient (Wildman–Crippen LogP) is 2.51. The summed E-state index contributed by atoms with van der Waals surface area (Å²) in [6, 6.07) is 5.20. The fraction of sp³-hybridized carbons (Fsp3) is 0.690. The highest BCUT2D eigenvalue weighted by Crippen LogP contribution is 2.43. The Bertz CT molecular complexity index is 1040. The lowest BCUT2D eigenvalue weighted by Crippen LogP contribution is -2.46. The van der Waals surface area contributed by atoms with E-state index in [9.17, 15) is 19.5 Å². The van der Waals surface area contributed by atoms with Crippen LogP contribution in [0, 0.1) is 11.3 Å². The van der Waals surface area contributed by atoms with Crippen LogP contribution in [0.2, 0.25) is 0 Å². The number of hydrogen-bond acceptors (Lipinski definition) is 7. The van der Waals surface area contributed by atoms with Crippen molar-refractivity contribution < 1.29 is 29.0 Å². The predicted molar refractivity (Wildman–Crippen MR) is 147 cm³/mol. The Morgan fingerprint density at radius 2 is 1.92 bits per heavy atom. The molecule has 0 aliphatic carbocycles. The average molecular weight is 545 g/mol. The first-order chi connectivity index (χ1) is 18.7. The van der Waals surface area contributed by atoms with Crippen LogP contribution in [0.15, 0.2) is 18.2 Å². The summed E-state index contributed by atoms with van der Waals surface area (Å²) in [7, 11) is 0. The number of ether oxygens (including phenoxy) is 2. The summed E-state index contributed by atoms with van der Waals surface area (Å²) in [4.78, 5) is 44.9. The molecule has 3 aliphatic heterocycles. The first kappa shape index (κ1) is 29.1. The number of fused-ring (bicyclic) bond motifs is 1. The molecule has 10 nitrogen and oxygen atoms in total.